The van der Waals surface area contributed by atoms with Crippen LogP contribution in [0.25, 0.3) is 17.0 Å². The second-order valence-electron chi connectivity index (χ2n) is 4.62. The third kappa shape index (κ3) is 4.93. The predicted octanol–water partition coefficient (Wildman–Crippen LogP) is 1.82. The molecule has 1 aromatic heterocycles. The number of rotatable bonds is 6. The lowest BCUT2D eigenvalue weighted by atomic mass is 10.1. The van der Waals surface area contributed by atoms with E-state index in [1.807, 2.05) is 36.4 Å². The first-order chi connectivity index (χ1) is 11.2. The third-order valence-electron chi connectivity index (χ3n) is 2.97. The number of benzene rings is 1. The Labute approximate surface area is 133 Å². The zero-order valence-corrected chi connectivity index (χ0v) is 12.4. The van der Waals surface area contributed by atoms with Crippen LogP contribution in [0.15, 0.2) is 42.6 Å². The van der Waals surface area contributed by atoms with Gasteiger partial charge in [-0.2, -0.15) is 5.26 Å². The normalized spacial score (nSPS) is 10.4. The summed E-state index contributed by atoms with van der Waals surface area (Å²) >= 11 is 0. The number of hydrogen-bond donors (Lipinski definition) is 1. The molecule has 2 rings (SSSR count). The van der Waals surface area contributed by atoms with Crippen LogP contribution in [0, 0.1) is 11.3 Å². The highest BCUT2D eigenvalue weighted by Crippen LogP contribution is 2.17. The molecule has 1 heterocycles. The molecule has 6 nitrogen and oxygen atoms in total. The zero-order valence-electron chi connectivity index (χ0n) is 12.4. The molecule has 116 valence electrons. The fourth-order valence-corrected chi connectivity index (χ4v) is 1.91. The number of amides is 1. The number of pyridine rings is 1. The molecule has 0 aliphatic carbocycles. The van der Waals surface area contributed by atoms with Crippen molar-refractivity contribution in [2.45, 2.75) is 6.42 Å². The monoisotopic (exact) mass is 309 g/mol. The highest BCUT2D eigenvalue weighted by atomic mass is 16.5. The Morgan fingerprint density at radius 2 is 2.13 bits per heavy atom. The van der Waals surface area contributed by atoms with Crippen molar-refractivity contribution in [2.24, 2.45) is 0 Å². The first kappa shape index (κ1) is 16.2. The molecule has 0 bridgehead atoms. The first-order valence-corrected chi connectivity index (χ1v) is 7.03. The summed E-state index contributed by atoms with van der Waals surface area (Å²) in [5.41, 5.74) is 1.58. The third-order valence-corrected chi connectivity index (χ3v) is 2.97. The molecule has 0 aliphatic heterocycles. The molecule has 0 unspecified atom stereocenters. The average molecular weight is 309 g/mol. The molecule has 2 aromatic rings. The number of aromatic nitrogens is 1. The highest BCUT2D eigenvalue weighted by Gasteiger charge is 2.05. The number of carbonyl (C=O) groups is 2. The lowest BCUT2D eigenvalue weighted by Crippen LogP contribution is -2.29. The molecule has 0 spiro atoms. The van der Waals surface area contributed by atoms with Crippen molar-refractivity contribution in [1.82, 2.24) is 10.3 Å². The number of fused-ring (bicyclic) bond motifs is 1. The van der Waals surface area contributed by atoms with Crippen molar-refractivity contribution < 1.29 is 14.3 Å². The lowest BCUT2D eigenvalue weighted by molar-refractivity contribution is -0.143. The fourth-order valence-electron chi connectivity index (χ4n) is 1.91. The Morgan fingerprint density at radius 1 is 1.30 bits per heavy atom. The maximum atomic E-state index is 11.6. The van der Waals surface area contributed by atoms with Gasteiger partial charge >= 0.3 is 5.97 Å². The van der Waals surface area contributed by atoms with Crippen LogP contribution in [0.3, 0.4) is 0 Å². The molecule has 0 fully saturated rings. The molecule has 1 aromatic carbocycles. The van der Waals surface area contributed by atoms with Crippen molar-refractivity contribution in [2.75, 3.05) is 13.2 Å². The molecule has 0 atom stereocenters. The summed E-state index contributed by atoms with van der Waals surface area (Å²) in [6, 6.07) is 11.3. The smallest absolute Gasteiger partial charge is 0.331 e. The number of nitriles is 1. The van der Waals surface area contributed by atoms with Crippen LogP contribution in [-0.4, -0.2) is 30.0 Å². The molecule has 0 radical (unpaired) electrons. The molecule has 23 heavy (non-hydrogen) atoms. The second kappa shape index (κ2) is 8.29. The van der Waals surface area contributed by atoms with Crippen LogP contribution in [0.1, 0.15) is 12.0 Å². The van der Waals surface area contributed by atoms with Gasteiger partial charge in [-0.3, -0.25) is 9.78 Å². The molecule has 1 N–H and O–H groups in total. The minimum absolute atomic E-state index is 0.216. The second-order valence-corrected chi connectivity index (χ2v) is 4.62. The Kier molecular flexibility index (Phi) is 5.83. The standard InChI is InChI=1S/C17H15N3O3/c18-9-3-11-19-15(21)12-23-16(22)8-7-14-5-1-4-13-6-2-10-20-17(13)14/h1-2,4-8,10H,3,11-12H2,(H,19,21). The van der Waals surface area contributed by atoms with Gasteiger partial charge in [0.05, 0.1) is 18.0 Å². The van der Waals surface area contributed by atoms with Gasteiger partial charge in [0.25, 0.3) is 5.91 Å². The van der Waals surface area contributed by atoms with Gasteiger partial charge in [0.2, 0.25) is 0 Å². The fraction of sp³-hybridized carbons (Fsp3) is 0.176. The lowest BCUT2D eigenvalue weighted by Gasteiger charge is -2.03. The van der Waals surface area contributed by atoms with Crippen LogP contribution in [0.2, 0.25) is 0 Å². The minimum Gasteiger partial charge on any atom is -0.452 e. The van der Waals surface area contributed by atoms with E-state index in [0.717, 1.165) is 16.5 Å². The summed E-state index contributed by atoms with van der Waals surface area (Å²) in [5.74, 6) is -1.05. The van der Waals surface area contributed by atoms with Gasteiger partial charge in [-0.1, -0.05) is 24.3 Å². The van der Waals surface area contributed by atoms with E-state index in [4.69, 9.17) is 10.00 Å². The van der Waals surface area contributed by atoms with E-state index in [1.165, 1.54) is 6.08 Å². The summed E-state index contributed by atoms with van der Waals surface area (Å²) in [6.07, 6.45) is 4.76. The summed E-state index contributed by atoms with van der Waals surface area (Å²) in [5, 5.41) is 11.8. The van der Waals surface area contributed by atoms with Gasteiger partial charge in [-0.15, -0.1) is 0 Å². The van der Waals surface area contributed by atoms with Gasteiger partial charge in [0.1, 0.15) is 0 Å². The Bertz CT molecular complexity index is 773. The van der Waals surface area contributed by atoms with Crippen molar-refractivity contribution in [3.63, 3.8) is 0 Å². The Morgan fingerprint density at radius 3 is 2.96 bits per heavy atom. The number of ether oxygens (including phenoxy) is 1. The molecule has 0 aliphatic rings. The molecule has 6 heteroatoms. The average Bonchev–Trinajstić information content (AvgIpc) is 2.58. The zero-order chi connectivity index (χ0) is 16.5. The molecule has 0 saturated carbocycles. The minimum atomic E-state index is -0.617. The molecule has 1 amide bonds. The predicted molar refractivity (Wildman–Crippen MR) is 85.0 cm³/mol. The summed E-state index contributed by atoms with van der Waals surface area (Å²) < 4.78 is 4.83. The highest BCUT2D eigenvalue weighted by molar-refractivity contribution is 5.93. The van der Waals surface area contributed by atoms with E-state index in [0.29, 0.717) is 0 Å². The van der Waals surface area contributed by atoms with Crippen LogP contribution in [0.4, 0.5) is 0 Å². The van der Waals surface area contributed by atoms with Gasteiger partial charge in [0.15, 0.2) is 6.61 Å². The maximum Gasteiger partial charge on any atom is 0.331 e. The van der Waals surface area contributed by atoms with E-state index >= 15 is 0 Å². The first-order valence-electron chi connectivity index (χ1n) is 7.03. The van der Waals surface area contributed by atoms with Crippen molar-refractivity contribution in [1.29, 1.82) is 5.26 Å². The number of carbonyl (C=O) groups excluding carboxylic acids is 2. The number of para-hydroxylation sites is 1. The molecular formula is C17H15N3O3. The van der Waals surface area contributed by atoms with E-state index < -0.39 is 11.9 Å². The van der Waals surface area contributed by atoms with E-state index in [-0.39, 0.29) is 19.6 Å². The number of nitrogens with zero attached hydrogens (tertiary/aromatic N) is 2. The van der Waals surface area contributed by atoms with Crippen molar-refractivity contribution in [3.05, 3.63) is 48.2 Å². The van der Waals surface area contributed by atoms with E-state index in [9.17, 15) is 9.59 Å². The van der Waals surface area contributed by atoms with Crippen molar-refractivity contribution in [3.8, 4) is 6.07 Å². The van der Waals surface area contributed by atoms with Gasteiger partial charge < -0.3 is 10.1 Å². The van der Waals surface area contributed by atoms with Gasteiger partial charge in [-0.25, -0.2) is 4.79 Å². The summed E-state index contributed by atoms with van der Waals surface area (Å²) in [7, 11) is 0. The Balaban J connectivity index is 1.91. The van der Waals surface area contributed by atoms with Crippen LogP contribution in [0.5, 0.6) is 0 Å². The quantitative estimate of drug-likeness (QED) is 0.499. The van der Waals surface area contributed by atoms with Gasteiger partial charge in [0, 0.05) is 29.8 Å². The maximum absolute atomic E-state index is 11.6. The van der Waals surface area contributed by atoms with Crippen LogP contribution >= 0.6 is 0 Å². The SMILES string of the molecule is N#CCCNC(=O)COC(=O)C=Cc1cccc2cccnc12. The topological polar surface area (TPSA) is 92.1 Å². The van der Waals surface area contributed by atoms with Gasteiger partial charge in [-0.05, 0) is 12.1 Å². The number of esters is 1. The number of nitrogens with one attached hydrogen (secondary N) is 1. The van der Waals surface area contributed by atoms with E-state index in [1.54, 1.807) is 12.3 Å². The summed E-state index contributed by atoms with van der Waals surface area (Å²) in [6.45, 7) is -0.132. The molecular weight excluding hydrogens is 294 g/mol. The number of hydrogen-bond acceptors (Lipinski definition) is 5. The van der Waals surface area contributed by atoms with Crippen LogP contribution in [-0.2, 0) is 14.3 Å². The summed E-state index contributed by atoms with van der Waals surface area (Å²) in [4.78, 5) is 27.2. The van der Waals surface area contributed by atoms with Crippen LogP contribution < -0.4 is 5.32 Å². The van der Waals surface area contributed by atoms with E-state index in [2.05, 4.69) is 10.3 Å². The molecule has 0 saturated heterocycles. The van der Waals surface area contributed by atoms with Crippen molar-refractivity contribution >= 4 is 28.9 Å². The largest absolute Gasteiger partial charge is 0.452 e. The Hall–Kier alpha value is -3.20.